The highest BCUT2D eigenvalue weighted by atomic mass is 16.2. The standard InChI is InChI=1S/C25H22N8O/c1-15-4-2-5-17(28-15)23-24(33-11-3-6-21(33)31-23)16-8-10-27-18(12-16)25-29-19-13-32(14-20(19)30-25)22(34)7-9-26/h2,4-5,8,10,12H,3,6-7,11,13-14H2,1H3,(H,29,30). The number of hydrogen-bond donors (Lipinski definition) is 1. The van der Waals surface area contributed by atoms with Crippen LogP contribution in [0.1, 0.15) is 35.7 Å². The lowest BCUT2D eigenvalue weighted by molar-refractivity contribution is -0.130. The fourth-order valence-electron chi connectivity index (χ4n) is 4.79. The van der Waals surface area contributed by atoms with Crippen LogP contribution in [0.25, 0.3) is 34.2 Å². The third kappa shape index (κ3) is 3.35. The Morgan fingerprint density at radius 2 is 2.09 bits per heavy atom. The van der Waals surface area contributed by atoms with Gasteiger partial charge in [-0.1, -0.05) is 6.07 Å². The van der Waals surface area contributed by atoms with Crippen molar-refractivity contribution >= 4 is 5.91 Å². The Labute approximate surface area is 196 Å². The Bertz CT molecular complexity index is 1450. The van der Waals surface area contributed by atoms with Crippen LogP contribution in [-0.2, 0) is 30.8 Å². The molecule has 0 spiro atoms. The summed E-state index contributed by atoms with van der Waals surface area (Å²) >= 11 is 0. The van der Waals surface area contributed by atoms with Gasteiger partial charge >= 0.3 is 0 Å². The fraction of sp³-hybridized carbons (Fsp3) is 0.280. The Kier molecular flexibility index (Phi) is 4.73. The van der Waals surface area contributed by atoms with Gasteiger partial charge in [-0.2, -0.15) is 5.26 Å². The van der Waals surface area contributed by atoms with E-state index in [9.17, 15) is 4.79 Å². The van der Waals surface area contributed by atoms with E-state index < -0.39 is 0 Å². The number of amides is 1. The molecule has 0 saturated carbocycles. The van der Waals surface area contributed by atoms with Gasteiger partial charge in [0.05, 0.1) is 41.9 Å². The number of hydrogen-bond acceptors (Lipinski definition) is 6. The van der Waals surface area contributed by atoms with Gasteiger partial charge in [-0.3, -0.25) is 14.8 Å². The van der Waals surface area contributed by atoms with Crippen molar-refractivity contribution in [3.05, 3.63) is 59.4 Å². The summed E-state index contributed by atoms with van der Waals surface area (Å²) < 4.78 is 2.29. The van der Waals surface area contributed by atoms with Gasteiger partial charge in [0.15, 0.2) is 5.82 Å². The van der Waals surface area contributed by atoms with Gasteiger partial charge in [-0.25, -0.2) is 9.97 Å². The molecule has 6 rings (SSSR count). The van der Waals surface area contributed by atoms with Crippen molar-refractivity contribution in [1.82, 2.24) is 34.4 Å². The summed E-state index contributed by atoms with van der Waals surface area (Å²) in [7, 11) is 0. The summed E-state index contributed by atoms with van der Waals surface area (Å²) in [6, 6.07) is 12.0. The highest BCUT2D eigenvalue weighted by Gasteiger charge is 2.28. The molecule has 0 unspecified atom stereocenters. The van der Waals surface area contributed by atoms with Crippen molar-refractivity contribution in [1.29, 1.82) is 5.26 Å². The van der Waals surface area contributed by atoms with Crippen molar-refractivity contribution < 1.29 is 4.79 Å². The molecule has 9 nitrogen and oxygen atoms in total. The third-order valence-corrected chi connectivity index (χ3v) is 6.37. The fourth-order valence-corrected chi connectivity index (χ4v) is 4.79. The molecule has 9 heteroatoms. The van der Waals surface area contributed by atoms with Crippen molar-refractivity contribution in [2.45, 2.75) is 45.8 Å². The largest absolute Gasteiger partial charge is 0.339 e. The maximum Gasteiger partial charge on any atom is 0.237 e. The van der Waals surface area contributed by atoms with E-state index in [0.29, 0.717) is 18.9 Å². The van der Waals surface area contributed by atoms with Gasteiger partial charge < -0.3 is 14.5 Å². The minimum Gasteiger partial charge on any atom is -0.339 e. The average molecular weight is 451 g/mol. The van der Waals surface area contributed by atoms with Crippen LogP contribution in [0.3, 0.4) is 0 Å². The van der Waals surface area contributed by atoms with E-state index in [1.165, 1.54) is 0 Å². The number of nitriles is 1. The van der Waals surface area contributed by atoms with E-state index in [-0.39, 0.29) is 12.3 Å². The first-order valence-corrected chi connectivity index (χ1v) is 11.3. The van der Waals surface area contributed by atoms with Crippen molar-refractivity contribution in [3.8, 4) is 40.2 Å². The van der Waals surface area contributed by atoms with Crippen LogP contribution in [0.2, 0.25) is 0 Å². The summed E-state index contributed by atoms with van der Waals surface area (Å²) in [5.41, 5.74) is 7.25. The second-order valence-corrected chi connectivity index (χ2v) is 8.67. The molecule has 0 radical (unpaired) electrons. The quantitative estimate of drug-likeness (QED) is 0.509. The lowest BCUT2D eigenvalue weighted by Crippen LogP contribution is -2.25. The highest BCUT2D eigenvalue weighted by molar-refractivity contribution is 5.80. The van der Waals surface area contributed by atoms with Crippen LogP contribution < -0.4 is 0 Å². The number of fused-ring (bicyclic) bond motifs is 2. The zero-order chi connectivity index (χ0) is 23.2. The number of nitrogens with zero attached hydrogens (tertiary/aromatic N) is 7. The van der Waals surface area contributed by atoms with E-state index in [0.717, 1.165) is 70.6 Å². The zero-order valence-electron chi connectivity index (χ0n) is 18.7. The van der Waals surface area contributed by atoms with Gasteiger partial charge in [-0.15, -0.1) is 0 Å². The first-order valence-electron chi connectivity index (χ1n) is 11.3. The average Bonchev–Trinajstić information content (AvgIpc) is 3.58. The maximum atomic E-state index is 12.0. The second-order valence-electron chi connectivity index (χ2n) is 8.67. The van der Waals surface area contributed by atoms with Gasteiger partial charge in [0.2, 0.25) is 5.91 Å². The van der Waals surface area contributed by atoms with Gasteiger partial charge in [-0.05, 0) is 37.6 Å². The monoisotopic (exact) mass is 450 g/mol. The summed E-state index contributed by atoms with van der Waals surface area (Å²) in [6.45, 7) is 3.76. The number of aromatic amines is 1. The van der Waals surface area contributed by atoms with Crippen molar-refractivity contribution in [2.24, 2.45) is 0 Å². The normalized spacial score (nSPS) is 14.2. The predicted octanol–water partition coefficient (Wildman–Crippen LogP) is 3.41. The molecule has 168 valence electrons. The Morgan fingerprint density at radius 1 is 1.18 bits per heavy atom. The number of imidazole rings is 2. The summed E-state index contributed by atoms with van der Waals surface area (Å²) in [4.78, 5) is 36.0. The number of nitrogens with one attached hydrogen (secondary N) is 1. The SMILES string of the molecule is Cc1cccc(-c2nc3n(c2-c2ccnc(-c4nc5c([nH]4)CN(C(=O)CC#N)C5)c2)CCC3)n1. The third-order valence-electron chi connectivity index (χ3n) is 6.37. The molecular weight excluding hydrogens is 428 g/mol. The molecule has 1 amide bonds. The number of aromatic nitrogens is 6. The number of rotatable bonds is 4. The lowest BCUT2D eigenvalue weighted by Gasteiger charge is -2.13. The molecule has 4 aromatic rings. The molecule has 6 heterocycles. The van der Waals surface area contributed by atoms with Gasteiger partial charge in [0.1, 0.15) is 23.6 Å². The molecule has 1 N–H and O–H groups in total. The Balaban J connectivity index is 1.37. The van der Waals surface area contributed by atoms with Gasteiger partial charge in [0, 0.05) is 30.4 Å². The molecule has 2 aliphatic heterocycles. The number of carbonyl (C=O) groups is 1. The van der Waals surface area contributed by atoms with E-state index in [1.807, 2.05) is 43.3 Å². The van der Waals surface area contributed by atoms with Crippen molar-refractivity contribution in [2.75, 3.05) is 0 Å². The molecule has 0 aromatic carbocycles. The minimum atomic E-state index is -0.178. The van der Waals surface area contributed by atoms with E-state index in [4.69, 9.17) is 20.2 Å². The molecular formula is C25H22N8O. The Morgan fingerprint density at radius 3 is 2.91 bits per heavy atom. The van der Waals surface area contributed by atoms with Gasteiger partial charge in [0.25, 0.3) is 0 Å². The van der Waals surface area contributed by atoms with Crippen LogP contribution in [0, 0.1) is 18.3 Å². The first kappa shape index (κ1) is 20.3. The van der Waals surface area contributed by atoms with Crippen LogP contribution >= 0.6 is 0 Å². The summed E-state index contributed by atoms with van der Waals surface area (Å²) in [5.74, 6) is 1.59. The number of aryl methyl sites for hydroxylation is 2. The van der Waals surface area contributed by atoms with E-state index in [2.05, 4.69) is 14.5 Å². The van der Waals surface area contributed by atoms with Crippen LogP contribution in [0.5, 0.6) is 0 Å². The smallest absolute Gasteiger partial charge is 0.237 e. The molecule has 4 aromatic heterocycles. The second kappa shape index (κ2) is 7.92. The number of pyridine rings is 2. The minimum absolute atomic E-state index is 0.117. The predicted molar refractivity (Wildman–Crippen MR) is 124 cm³/mol. The topological polar surface area (TPSA) is 116 Å². The van der Waals surface area contributed by atoms with Crippen LogP contribution in [0.15, 0.2) is 36.5 Å². The molecule has 0 bridgehead atoms. The summed E-state index contributed by atoms with van der Waals surface area (Å²) in [5, 5.41) is 8.79. The molecule has 0 saturated heterocycles. The van der Waals surface area contributed by atoms with E-state index >= 15 is 0 Å². The van der Waals surface area contributed by atoms with Crippen molar-refractivity contribution in [3.63, 3.8) is 0 Å². The summed E-state index contributed by atoms with van der Waals surface area (Å²) in [6.07, 6.45) is 3.72. The van der Waals surface area contributed by atoms with Crippen LogP contribution in [0.4, 0.5) is 0 Å². The maximum absolute atomic E-state index is 12.0. The highest BCUT2D eigenvalue weighted by Crippen LogP contribution is 2.36. The molecule has 0 aliphatic carbocycles. The zero-order valence-corrected chi connectivity index (χ0v) is 18.7. The van der Waals surface area contributed by atoms with E-state index in [1.54, 1.807) is 11.1 Å². The molecule has 2 aliphatic rings. The van der Waals surface area contributed by atoms with Crippen LogP contribution in [-0.4, -0.2) is 40.3 Å². The lowest BCUT2D eigenvalue weighted by atomic mass is 10.1. The molecule has 0 fully saturated rings. The molecule has 34 heavy (non-hydrogen) atoms. The first-order chi connectivity index (χ1) is 16.6. The number of H-pyrrole nitrogens is 1. The Hall–Kier alpha value is -4.32. The molecule has 0 atom stereocenters. The number of carbonyl (C=O) groups excluding carboxylic acids is 1.